The second-order valence-corrected chi connectivity index (χ2v) is 4.93. The van der Waals surface area contributed by atoms with Crippen molar-refractivity contribution in [3.05, 3.63) is 64.1 Å². The first-order valence-electron chi connectivity index (χ1n) is 5.75. The Balaban J connectivity index is 1.92. The quantitative estimate of drug-likeness (QED) is 0.940. The molecule has 0 saturated heterocycles. The van der Waals surface area contributed by atoms with E-state index < -0.39 is 0 Å². The third kappa shape index (κ3) is 4.13. The van der Waals surface area contributed by atoms with Crippen LogP contribution in [0.2, 0.25) is 0 Å². The number of carbonyl (C=O) groups is 1. The van der Waals surface area contributed by atoms with E-state index in [2.05, 4.69) is 26.2 Å². The number of halogens is 2. The minimum atomic E-state index is -0.332. The highest BCUT2D eigenvalue weighted by Crippen LogP contribution is 2.15. The molecule has 1 N–H and O–H groups in total. The minimum absolute atomic E-state index is 0.164. The predicted molar refractivity (Wildman–Crippen MR) is 73.9 cm³/mol. The molecule has 0 bridgehead atoms. The van der Waals surface area contributed by atoms with E-state index >= 15 is 0 Å². The van der Waals surface area contributed by atoms with Gasteiger partial charge < -0.3 is 5.32 Å². The Bertz CT molecular complexity index is 575. The van der Waals surface area contributed by atoms with Crippen molar-refractivity contribution in [2.45, 2.75) is 13.0 Å². The van der Waals surface area contributed by atoms with Crippen LogP contribution in [-0.2, 0) is 17.8 Å². The van der Waals surface area contributed by atoms with Gasteiger partial charge >= 0.3 is 0 Å². The summed E-state index contributed by atoms with van der Waals surface area (Å²) >= 11 is 3.27. The number of hydrogen-bond acceptors (Lipinski definition) is 2. The van der Waals surface area contributed by atoms with Crippen LogP contribution in [0.5, 0.6) is 0 Å². The molecule has 0 fully saturated rings. The summed E-state index contributed by atoms with van der Waals surface area (Å²) < 4.78 is 14.2. The highest BCUT2D eigenvalue weighted by molar-refractivity contribution is 9.10. The molecule has 0 saturated carbocycles. The second-order valence-electron chi connectivity index (χ2n) is 4.01. The highest BCUT2D eigenvalue weighted by Gasteiger charge is 2.07. The lowest BCUT2D eigenvalue weighted by Gasteiger charge is -2.06. The van der Waals surface area contributed by atoms with Crippen LogP contribution in [0.3, 0.4) is 0 Å². The van der Waals surface area contributed by atoms with E-state index in [1.165, 1.54) is 6.07 Å². The zero-order chi connectivity index (χ0) is 13.7. The maximum atomic E-state index is 13.5. The normalized spacial score (nSPS) is 10.2. The largest absolute Gasteiger partial charge is 0.352 e. The summed E-state index contributed by atoms with van der Waals surface area (Å²) in [5.41, 5.74) is 1.14. The van der Waals surface area contributed by atoms with Crippen LogP contribution >= 0.6 is 15.9 Å². The van der Waals surface area contributed by atoms with Gasteiger partial charge in [0.15, 0.2) is 0 Å². The number of pyridine rings is 1. The number of rotatable bonds is 4. The van der Waals surface area contributed by atoms with E-state index in [4.69, 9.17) is 0 Å². The summed E-state index contributed by atoms with van der Waals surface area (Å²) in [7, 11) is 0. The van der Waals surface area contributed by atoms with Gasteiger partial charge in [0.1, 0.15) is 5.82 Å². The van der Waals surface area contributed by atoms with Crippen molar-refractivity contribution < 1.29 is 9.18 Å². The topological polar surface area (TPSA) is 42.0 Å². The monoisotopic (exact) mass is 322 g/mol. The van der Waals surface area contributed by atoms with Gasteiger partial charge in [-0.15, -0.1) is 0 Å². The van der Waals surface area contributed by atoms with Crippen molar-refractivity contribution >= 4 is 21.8 Å². The Morgan fingerprint density at radius 1 is 1.32 bits per heavy atom. The first kappa shape index (κ1) is 13.7. The summed E-state index contributed by atoms with van der Waals surface area (Å²) in [4.78, 5) is 15.8. The first-order chi connectivity index (χ1) is 9.15. The number of aromatic nitrogens is 1. The Kier molecular flexibility index (Phi) is 4.63. The number of nitrogens with zero attached hydrogens (tertiary/aromatic N) is 1. The van der Waals surface area contributed by atoms with E-state index in [0.717, 1.165) is 4.47 Å². The first-order valence-corrected chi connectivity index (χ1v) is 6.55. The molecule has 1 heterocycles. The molecule has 2 rings (SSSR count). The van der Waals surface area contributed by atoms with Crippen molar-refractivity contribution in [3.63, 3.8) is 0 Å². The molecule has 1 aromatic carbocycles. The molecule has 19 heavy (non-hydrogen) atoms. The SMILES string of the molecule is O=C(Cc1ccccn1)NCc1cc(Br)ccc1F. The molecule has 0 unspecified atom stereocenters. The van der Waals surface area contributed by atoms with Crippen LogP contribution < -0.4 is 5.32 Å². The molecule has 1 amide bonds. The maximum Gasteiger partial charge on any atom is 0.226 e. The molecule has 98 valence electrons. The number of nitrogens with one attached hydrogen (secondary N) is 1. The van der Waals surface area contributed by atoms with E-state index in [9.17, 15) is 9.18 Å². The van der Waals surface area contributed by atoms with Crippen molar-refractivity contribution in [2.75, 3.05) is 0 Å². The smallest absolute Gasteiger partial charge is 0.226 e. The van der Waals surface area contributed by atoms with E-state index in [1.807, 2.05) is 6.07 Å². The lowest BCUT2D eigenvalue weighted by Crippen LogP contribution is -2.25. The van der Waals surface area contributed by atoms with Crippen LogP contribution in [0.4, 0.5) is 4.39 Å². The van der Waals surface area contributed by atoms with Crippen LogP contribution in [0.25, 0.3) is 0 Å². The summed E-state index contributed by atoms with van der Waals surface area (Å²) in [6.45, 7) is 0.164. The van der Waals surface area contributed by atoms with Crippen molar-refractivity contribution in [1.29, 1.82) is 0 Å². The highest BCUT2D eigenvalue weighted by atomic mass is 79.9. The summed E-state index contributed by atoms with van der Waals surface area (Å²) in [5.74, 6) is -0.514. The Morgan fingerprint density at radius 2 is 2.16 bits per heavy atom. The van der Waals surface area contributed by atoms with E-state index in [-0.39, 0.29) is 24.7 Å². The Hall–Kier alpha value is -1.75. The standard InChI is InChI=1S/C14H12BrFN2O/c15-11-4-5-13(16)10(7-11)9-18-14(19)8-12-3-1-2-6-17-12/h1-7H,8-9H2,(H,18,19). The van der Waals surface area contributed by atoms with Crippen molar-refractivity contribution in [3.8, 4) is 0 Å². The predicted octanol–water partition coefficient (Wildman–Crippen LogP) is 2.84. The second kappa shape index (κ2) is 6.43. The van der Waals surface area contributed by atoms with Gasteiger partial charge in [0.05, 0.1) is 6.42 Å². The van der Waals surface area contributed by atoms with E-state index in [1.54, 1.807) is 30.5 Å². The number of hydrogen-bond donors (Lipinski definition) is 1. The van der Waals surface area contributed by atoms with Crippen molar-refractivity contribution in [1.82, 2.24) is 10.3 Å². The van der Waals surface area contributed by atoms with Crippen LogP contribution in [-0.4, -0.2) is 10.9 Å². The lowest BCUT2D eigenvalue weighted by atomic mass is 10.2. The van der Waals surface area contributed by atoms with Gasteiger partial charge in [0, 0.05) is 28.5 Å². The summed E-state index contributed by atoms with van der Waals surface area (Å²) in [5, 5.41) is 2.68. The Labute approximate surface area is 119 Å². The minimum Gasteiger partial charge on any atom is -0.352 e. The fraction of sp³-hybridized carbons (Fsp3) is 0.143. The number of benzene rings is 1. The van der Waals surface area contributed by atoms with Crippen molar-refractivity contribution in [2.24, 2.45) is 0 Å². The zero-order valence-electron chi connectivity index (χ0n) is 10.1. The molecule has 0 spiro atoms. The van der Waals surface area contributed by atoms with Crippen LogP contribution in [0, 0.1) is 5.82 Å². The molecule has 0 atom stereocenters. The fourth-order valence-electron chi connectivity index (χ4n) is 1.60. The average Bonchev–Trinajstić information content (AvgIpc) is 2.41. The third-order valence-corrected chi connectivity index (χ3v) is 3.04. The molecule has 2 aromatic rings. The van der Waals surface area contributed by atoms with Gasteiger partial charge in [0.2, 0.25) is 5.91 Å². The molecule has 0 aliphatic carbocycles. The Morgan fingerprint density at radius 3 is 2.89 bits per heavy atom. The molecule has 0 radical (unpaired) electrons. The third-order valence-electron chi connectivity index (χ3n) is 2.55. The molecule has 0 aliphatic heterocycles. The zero-order valence-corrected chi connectivity index (χ0v) is 11.7. The molecule has 1 aromatic heterocycles. The van der Waals surface area contributed by atoms with Gasteiger partial charge in [-0.05, 0) is 30.3 Å². The lowest BCUT2D eigenvalue weighted by molar-refractivity contribution is -0.120. The van der Waals surface area contributed by atoms with Gasteiger partial charge in [-0.25, -0.2) is 4.39 Å². The summed E-state index contributed by atoms with van der Waals surface area (Å²) in [6.07, 6.45) is 1.83. The van der Waals surface area contributed by atoms with Gasteiger partial charge in [-0.2, -0.15) is 0 Å². The van der Waals surface area contributed by atoms with Gasteiger partial charge in [-0.3, -0.25) is 9.78 Å². The molecule has 3 nitrogen and oxygen atoms in total. The number of carbonyl (C=O) groups excluding carboxylic acids is 1. The number of amides is 1. The van der Waals surface area contributed by atoms with Gasteiger partial charge in [-0.1, -0.05) is 22.0 Å². The molecule has 0 aliphatic rings. The van der Waals surface area contributed by atoms with E-state index in [0.29, 0.717) is 11.3 Å². The molecular weight excluding hydrogens is 311 g/mol. The molecular formula is C14H12BrFN2O. The maximum absolute atomic E-state index is 13.5. The average molecular weight is 323 g/mol. The van der Waals surface area contributed by atoms with Gasteiger partial charge in [0.25, 0.3) is 0 Å². The van der Waals surface area contributed by atoms with Crippen LogP contribution in [0.15, 0.2) is 47.1 Å². The summed E-state index contributed by atoms with van der Waals surface area (Å²) in [6, 6.07) is 10.0. The molecule has 5 heteroatoms. The fourth-order valence-corrected chi connectivity index (χ4v) is 2.01. The van der Waals surface area contributed by atoms with Crippen LogP contribution in [0.1, 0.15) is 11.3 Å².